The average Bonchev–Trinajstić information content (AvgIpc) is 2.61. The molecule has 2 saturated carbocycles. The molecule has 2 fully saturated rings. The largest absolute Gasteiger partial charge is 0.244 e. The van der Waals surface area contributed by atoms with Crippen molar-refractivity contribution in [2.75, 3.05) is 0 Å². The van der Waals surface area contributed by atoms with E-state index >= 15 is 0 Å². The molecule has 0 aromatic rings. The first-order valence-electron chi connectivity index (χ1n) is 10.3. The van der Waals surface area contributed by atoms with E-state index in [0.29, 0.717) is 5.92 Å². The molecule has 2 rings (SSSR count). The minimum atomic E-state index is -1.38. The molecule has 0 nitrogen and oxygen atoms in total. The van der Waals surface area contributed by atoms with Crippen LogP contribution in [0.25, 0.3) is 0 Å². The Kier molecular flexibility index (Phi) is 12.4. The Bertz CT molecular complexity index is 358. The van der Waals surface area contributed by atoms with Gasteiger partial charge in [-0.15, -0.1) is 0 Å². The van der Waals surface area contributed by atoms with Crippen LogP contribution in [0.1, 0.15) is 87.0 Å². The van der Waals surface area contributed by atoms with Gasteiger partial charge in [0.25, 0.3) is 0 Å². The van der Waals surface area contributed by atoms with Crippen molar-refractivity contribution in [3.05, 3.63) is 0 Å². The van der Waals surface area contributed by atoms with Crippen LogP contribution in [-0.4, -0.2) is 12.3 Å². The number of alkyl halides is 2. The van der Waals surface area contributed by atoms with E-state index in [9.17, 15) is 8.78 Å². The molecule has 4 atom stereocenters. The summed E-state index contributed by atoms with van der Waals surface area (Å²) < 4.78 is 28.3. The SMILES string of the molecule is CC.CC.CC1CCC(C#CC2CCC(C(C)C)C(F)C2F)CC1. The summed E-state index contributed by atoms with van der Waals surface area (Å²) in [5.74, 6) is 7.27. The van der Waals surface area contributed by atoms with Crippen LogP contribution in [0.5, 0.6) is 0 Å². The van der Waals surface area contributed by atoms with Gasteiger partial charge in [-0.3, -0.25) is 0 Å². The number of hydrogen-bond acceptors (Lipinski definition) is 0. The van der Waals surface area contributed by atoms with Crippen LogP contribution in [0, 0.1) is 41.4 Å². The lowest BCUT2D eigenvalue weighted by atomic mass is 9.74. The molecule has 0 heterocycles. The molecule has 0 aromatic carbocycles. The second kappa shape index (κ2) is 12.7. The van der Waals surface area contributed by atoms with E-state index < -0.39 is 12.3 Å². The maximum absolute atomic E-state index is 14.2. The predicted molar refractivity (Wildman–Crippen MR) is 102 cm³/mol. The van der Waals surface area contributed by atoms with Crippen molar-refractivity contribution in [3.63, 3.8) is 0 Å². The highest BCUT2D eigenvalue weighted by atomic mass is 19.2. The van der Waals surface area contributed by atoms with Crippen molar-refractivity contribution in [3.8, 4) is 11.8 Å². The smallest absolute Gasteiger partial charge is 0.145 e. The lowest BCUT2D eigenvalue weighted by Crippen LogP contribution is -2.39. The van der Waals surface area contributed by atoms with Crippen LogP contribution in [0.3, 0.4) is 0 Å². The average molecular weight is 343 g/mol. The van der Waals surface area contributed by atoms with E-state index in [-0.39, 0.29) is 17.8 Å². The molecule has 2 aliphatic carbocycles. The molecule has 0 N–H and O–H groups in total. The van der Waals surface area contributed by atoms with E-state index in [0.717, 1.165) is 31.6 Å². The molecule has 4 unspecified atom stereocenters. The quantitative estimate of drug-likeness (QED) is 0.441. The Labute approximate surface area is 150 Å². The first-order chi connectivity index (χ1) is 11.5. The molecule has 0 aromatic heterocycles. The fourth-order valence-corrected chi connectivity index (χ4v) is 3.63. The third kappa shape index (κ3) is 7.12. The summed E-state index contributed by atoms with van der Waals surface area (Å²) in [6.07, 6.45) is 3.51. The van der Waals surface area contributed by atoms with E-state index in [1.54, 1.807) is 0 Å². The zero-order valence-electron chi connectivity index (χ0n) is 17.0. The Morgan fingerprint density at radius 1 is 0.750 bits per heavy atom. The molecule has 0 aliphatic heterocycles. The normalized spacial score (nSPS) is 35.6. The van der Waals surface area contributed by atoms with Gasteiger partial charge in [0.2, 0.25) is 0 Å². The Morgan fingerprint density at radius 2 is 1.29 bits per heavy atom. The molecule has 0 radical (unpaired) electrons. The molecule has 0 saturated heterocycles. The van der Waals surface area contributed by atoms with Gasteiger partial charge < -0.3 is 0 Å². The summed E-state index contributed by atoms with van der Waals surface area (Å²) in [6.45, 7) is 14.3. The van der Waals surface area contributed by atoms with Crippen LogP contribution in [0.15, 0.2) is 0 Å². The fourth-order valence-electron chi connectivity index (χ4n) is 3.63. The first-order valence-corrected chi connectivity index (χ1v) is 10.3. The highest BCUT2D eigenvalue weighted by Gasteiger charge is 2.40. The second-order valence-corrected chi connectivity index (χ2v) is 7.23. The molecular weight excluding hydrogens is 302 g/mol. The maximum atomic E-state index is 14.2. The predicted octanol–water partition coefficient (Wildman–Crippen LogP) is 7.23. The standard InChI is InChI=1S/C18H28F2.2C2H6/c1-12(2)16-11-10-15(17(19)18(16)20)9-8-14-6-4-13(3)5-7-14;2*1-2/h12-18H,4-7,10-11H2,1-3H3;2*1-2H3. The third-order valence-electron chi connectivity index (χ3n) is 5.25. The molecule has 142 valence electrons. The summed E-state index contributed by atoms with van der Waals surface area (Å²) in [5.41, 5.74) is 0. The minimum Gasteiger partial charge on any atom is -0.244 e. The van der Waals surface area contributed by atoms with Crippen molar-refractivity contribution >= 4 is 0 Å². The summed E-state index contributed by atoms with van der Waals surface area (Å²) in [7, 11) is 0. The molecule has 2 aliphatic rings. The monoisotopic (exact) mass is 342 g/mol. The maximum Gasteiger partial charge on any atom is 0.145 e. The Morgan fingerprint density at radius 3 is 1.79 bits per heavy atom. The number of halogens is 2. The van der Waals surface area contributed by atoms with Crippen LogP contribution >= 0.6 is 0 Å². The van der Waals surface area contributed by atoms with Gasteiger partial charge in [-0.25, -0.2) is 8.78 Å². The lowest BCUT2D eigenvalue weighted by molar-refractivity contribution is 0.0228. The summed E-state index contributed by atoms with van der Waals surface area (Å²) in [4.78, 5) is 0. The molecule has 0 spiro atoms. The molecule has 0 bridgehead atoms. The van der Waals surface area contributed by atoms with Crippen molar-refractivity contribution in [1.29, 1.82) is 0 Å². The van der Waals surface area contributed by atoms with Crippen molar-refractivity contribution in [2.24, 2.45) is 29.6 Å². The van der Waals surface area contributed by atoms with Gasteiger partial charge >= 0.3 is 0 Å². The zero-order valence-corrected chi connectivity index (χ0v) is 17.0. The Balaban J connectivity index is 0.00000123. The van der Waals surface area contributed by atoms with Crippen molar-refractivity contribution in [2.45, 2.75) is 99.3 Å². The highest BCUT2D eigenvalue weighted by Crippen LogP contribution is 2.37. The first kappa shape index (κ1) is 23.4. The van der Waals surface area contributed by atoms with E-state index in [1.807, 2.05) is 41.5 Å². The highest BCUT2D eigenvalue weighted by molar-refractivity contribution is 5.12. The minimum absolute atomic E-state index is 0.126. The topological polar surface area (TPSA) is 0 Å². The van der Waals surface area contributed by atoms with Gasteiger partial charge in [0.15, 0.2) is 0 Å². The zero-order chi connectivity index (χ0) is 18.7. The van der Waals surface area contributed by atoms with E-state index in [4.69, 9.17) is 0 Å². The van der Waals surface area contributed by atoms with E-state index in [1.165, 1.54) is 12.8 Å². The number of rotatable bonds is 1. The molecule has 24 heavy (non-hydrogen) atoms. The second-order valence-electron chi connectivity index (χ2n) is 7.23. The van der Waals surface area contributed by atoms with Gasteiger partial charge in [-0.2, -0.15) is 0 Å². The summed E-state index contributed by atoms with van der Waals surface area (Å²) >= 11 is 0. The molecular formula is C22H40F2. The summed E-state index contributed by atoms with van der Waals surface area (Å²) in [5, 5.41) is 0. The van der Waals surface area contributed by atoms with Crippen LogP contribution < -0.4 is 0 Å². The van der Waals surface area contributed by atoms with Gasteiger partial charge in [0.05, 0.1) is 5.92 Å². The Hall–Kier alpha value is -0.580. The lowest BCUT2D eigenvalue weighted by Gasteiger charge is -2.35. The molecule has 0 amide bonds. The van der Waals surface area contributed by atoms with Crippen LogP contribution in [-0.2, 0) is 0 Å². The van der Waals surface area contributed by atoms with Crippen LogP contribution in [0.4, 0.5) is 8.78 Å². The van der Waals surface area contributed by atoms with Gasteiger partial charge in [-0.05, 0) is 56.3 Å². The van der Waals surface area contributed by atoms with E-state index in [2.05, 4.69) is 18.8 Å². The van der Waals surface area contributed by atoms with Gasteiger partial charge in [-0.1, -0.05) is 60.3 Å². The summed E-state index contributed by atoms with van der Waals surface area (Å²) in [6, 6.07) is 0. The third-order valence-corrected chi connectivity index (χ3v) is 5.25. The van der Waals surface area contributed by atoms with Gasteiger partial charge in [0.1, 0.15) is 12.3 Å². The fraction of sp³-hybridized carbons (Fsp3) is 0.909. The van der Waals surface area contributed by atoms with Crippen LogP contribution in [0.2, 0.25) is 0 Å². The molecule has 2 heteroatoms. The van der Waals surface area contributed by atoms with Gasteiger partial charge in [0, 0.05) is 5.92 Å². The van der Waals surface area contributed by atoms with Crippen molar-refractivity contribution < 1.29 is 8.78 Å². The van der Waals surface area contributed by atoms with Crippen molar-refractivity contribution in [1.82, 2.24) is 0 Å². The number of hydrogen-bond donors (Lipinski definition) is 0.